The van der Waals surface area contributed by atoms with Gasteiger partial charge in [-0.05, 0) is 24.7 Å². The fraction of sp³-hybridized carbons (Fsp3) is 0.636. The highest BCUT2D eigenvalue weighted by molar-refractivity contribution is 8.13. The number of carbonyl (C=O) groups is 1. The summed E-state index contributed by atoms with van der Waals surface area (Å²) in [5.41, 5.74) is 0.327. The van der Waals surface area contributed by atoms with E-state index in [0.717, 1.165) is 12.8 Å². The number of amides is 1. The third-order valence-corrected chi connectivity index (χ3v) is 4.77. The van der Waals surface area contributed by atoms with Crippen LogP contribution in [0.4, 0.5) is 0 Å². The summed E-state index contributed by atoms with van der Waals surface area (Å²) in [6, 6.07) is 0. The van der Waals surface area contributed by atoms with E-state index in [9.17, 15) is 13.2 Å². The third kappa shape index (κ3) is 3.09. The number of nitrogens with zero attached hydrogens (tertiary/aromatic N) is 1. The van der Waals surface area contributed by atoms with Gasteiger partial charge in [-0.1, -0.05) is 13.8 Å². The topological polar surface area (TPSA) is 91.9 Å². The molecule has 1 saturated carbocycles. The highest BCUT2D eigenvalue weighted by Gasteiger charge is 2.38. The standard InChI is InChI=1S/C11H16ClN3O3S/c1-3-7-9(19(12,17)18)8(15-14-7)10(16)13-6-11(2)4-5-11/h3-6H2,1-2H3,(H,13,16)(H,14,15). The van der Waals surface area contributed by atoms with E-state index in [1.807, 2.05) is 0 Å². The molecule has 106 valence electrons. The van der Waals surface area contributed by atoms with Crippen LogP contribution in [0.1, 0.15) is 42.9 Å². The average molecular weight is 306 g/mol. The van der Waals surface area contributed by atoms with Gasteiger partial charge in [-0.15, -0.1) is 0 Å². The van der Waals surface area contributed by atoms with E-state index in [4.69, 9.17) is 10.7 Å². The van der Waals surface area contributed by atoms with Crippen LogP contribution in [0.3, 0.4) is 0 Å². The van der Waals surface area contributed by atoms with Gasteiger partial charge in [-0.2, -0.15) is 5.10 Å². The first kappa shape index (κ1) is 14.3. The average Bonchev–Trinajstić information content (AvgIpc) is 2.91. The van der Waals surface area contributed by atoms with Crippen molar-refractivity contribution in [2.45, 2.75) is 38.0 Å². The molecule has 0 saturated heterocycles. The number of rotatable bonds is 5. The van der Waals surface area contributed by atoms with Gasteiger partial charge < -0.3 is 5.32 Å². The Labute approximate surface area is 116 Å². The van der Waals surface area contributed by atoms with Gasteiger partial charge in [-0.25, -0.2) is 8.42 Å². The minimum Gasteiger partial charge on any atom is -0.350 e. The molecule has 2 N–H and O–H groups in total. The molecule has 0 atom stereocenters. The Morgan fingerprint density at radius 2 is 2.16 bits per heavy atom. The van der Waals surface area contributed by atoms with Gasteiger partial charge in [0.2, 0.25) is 0 Å². The summed E-state index contributed by atoms with van der Waals surface area (Å²) in [5, 5.41) is 9.03. The van der Waals surface area contributed by atoms with Gasteiger partial charge in [0.25, 0.3) is 15.0 Å². The zero-order valence-electron chi connectivity index (χ0n) is 10.8. The number of hydrogen-bond acceptors (Lipinski definition) is 4. The van der Waals surface area contributed by atoms with Crippen LogP contribution in [0.15, 0.2) is 4.90 Å². The van der Waals surface area contributed by atoms with Crippen molar-refractivity contribution in [3.8, 4) is 0 Å². The third-order valence-electron chi connectivity index (χ3n) is 3.38. The molecule has 0 spiro atoms. The number of H-pyrrole nitrogens is 1. The van der Waals surface area contributed by atoms with E-state index in [1.165, 1.54) is 0 Å². The van der Waals surface area contributed by atoms with Crippen LogP contribution >= 0.6 is 10.7 Å². The summed E-state index contributed by atoms with van der Waals surface area (Å²) in [6.45, 7) is 4.34. The summed E-state index contributed by atoms with van der Waals surface area (Å²) in [7, 11) is 1.37. The molecule has 8 heteroatoms. The second-order valence-electron chi connectivity index (χ2n) is 5.16. The van der Waals surface area contributed by atoms with E-state index < -0.39 is 15.0 Å². The van der Waals surface area contributed by atoms with E-state index in [1.54, 1.807) is 6.92 Å². The van der Waals surface area contributed by atoms with Crippen molar-refractivity contribution in [3.05, 3.63) is 11.4 Å². The van der Waals surface area contributed by atoms with Gasteiger partial charge in [-0.3, -0.25) is 9.89 Å². The molecule has 1 amide bonds. The summed E-state index contributed by atoms with van der Waals surface area (Å²) in [4.78, 5) is 11.8. The largest absolute Gasteiger partial charge is 0.350 e. The van der Waals surface area contributed by atoms with Crippen LogP contribution in [0.25, 0.3) is 0 Å². The Hall–Kier alpha value is -1.08. The fourth-order valence-electron chi connectivity index (χ4n) is 1.79. The Morgan fingerprint density at radius 1 is 1.53 bits per heavy atom. The van der Waals surface area contributed by atoms with Crippen LogP contribution in [0, 0.1) is 5.41 Å². The molecule has 0 unspecified atom stereocenters. The molecule has 1 aromatic heterocycles. The molecule has 0 aliphatic heterocycles. The van der Waals surface area contributed by atoms with Crippen LogP contribution < -0.4 is 5.32 Å². The van der Waals surface area contributed by atoms with Crippen molar-refractivity contribution in [2.24, 2.45) is 5.41 Å². The van der Waals surface area contributed by atoms with Gasteiger partial charge in [0.1, 0.15) is 4.90 Å². The Bertz CT molecular complexity index is 605. The molecule has 1 heterocycles. The smallest absolute Gasteiger partial charge is 0.273 e. The predicted octanol–water partition coefficient (Wildman–Crippen LogP) is 1.43. The van der Waals surface area contributed by atoms with Crippen LogP contribution in [-0.2, 0) is 15.5 Å². The second-order valence-corrected chi connectivity index (χ2v) is 7.67. The first-order valence-corrected chi connectivity index (χ1v) is 8.38. The summed E-state index contributed by atoms with van der Waals surface area (Å²) < 4.78 is 23.1. The molecular weight excluding hydrogens is 290 g/mol. The zero-order chi connectivity index (χ0) is 14.3. The first-order chi connectivity index (χ1) is 8.77. The summed E-state index contributed by atoms with van der Waals surface area (Å²) >= 11 is 0. The van der Waals surface area contributed by atoms with Crippen molar-refractivity contribution in [1.82, 2.24) is 15.5 Å². The highest BCUT2D eigenvalue weighted by Crippen LogP contribution is 2.44. The Balaban J connectivity index is 2.24. The summed E-state index contributed by atoms with van der Waals surface area (Å²) in [6.07, 6.45) is 2.53. The lowest BCUT2D eigenvalue weighted by molar-refractivity contribution is 0.0938. The van der Waals surface area contributed by atoms with Crippen molar-refractivity contribution in [1.29, 1.82) is 0 Å². The van der Waals surface area contributed by atoms with Crippen molar-refractivity contribution in [2.75, 3.05) is 6.54 Å². The molecule has 2 rings (SSSR count). The molecule has 0 radical (unpaired) electrons. The molecule has 1 aromatic rings. The quantitative estimate of drug-likeness (QED) is 0.805. The van der Waals surface area contributed by atoms with E-state index >= 15 is 0 Å². The normalized spacial score (nSPS) is 17.2. The fourth-order valence-corrected chi connectivity index (χ4v) is 3.14. The SMILES string of the molecule is CCc1[nH]nc(C(=O)NCC2(C)CC2)c1S(=O)(=O)Cl. The zero-order valence-corrected chi connectivity index (χ0v) is 12.4. The van der Waals surface area contributed by atoms with Crippen LogP contribution in [0.2, 0.25) is 0 Å². The number of aryl methyl sites for hydroxylation is 1. The maximum Gasteiger partial charge on any atom is 0.273 e. The molecule has 0 aromatic carbocycles. The maximum absolute atomic E-state index is 12.0. The lowest BCUT2D eigenvalue weighted by Gasteiger charge is -2.09. The highest BCUT2D eigenvalue weighted by atomic mass is 35.7. The van der Waals surface area contributed by atoms with Crippen molar-refractivity contribution < 1.29 is 13.2 Å². The van der Waals surface area contributed by atoms with E-state index in [2.05, 4.69) is 22.4 Å². The molecule has 19 heavy (non-hydrogen) atoms. The van der Waals surface area contributed by atoms with Crippen LogP contribution in [-0.4, -0.2) is 31.1 Å². The first-order valence-electron chi connectivity index (χ1n) is 6.07. The number of nitrogens with one attached hydrogen (secondary N) is 2. The number of aromatic amines is 1. The number of halogens is 1. The lowest BCUT2D eigenvalue weighted by Crippen LogP contribution is -2.30. The van der Waals surface area contributed by atoms with Crippen molar-refractivity contribution in [3.63, 3.8) is 0 Å². The number of carbonyl (C=O) groups excluding carboxylic acids is 1. The Kier molecular flexibility index (Phi) is 3.61. The van der Waals surface area contributed by atoms with Gasteiger partial charge in [0, 0.05) is 17.2 Å². The van der Waals surface area contributed by atoms with Gasteiger partial charge in [0.05, 0.1) is 5.69 Å². The van der Waals surface area contributed by atoms with Crippen molar-refractivity contribution >= 4 is 25.6 Å². The second kappa shape index (κ2) is 4.79. The molecule has 0 bridgehead atoms. The van der Waals surface area contributed by atoms with E-state index in [0.29, 0.717) is 18.7 Å². The van der Waals surface area contributed by atoms with E-state index in [-0.39, 0.29) is 16.0 Å². The Morgan fingerprint density at radius 3 is 2.63 bits per heavy atom. The molecule has 1 aliphatic carbocycles. The lowest BCUT2D eigenvalue weighted by atomic mass is 10.1. The minimum atomic E-state index is -4.00. The van der Waals surface area contributed by atoms with Gasteiger partial charge >= 0.3 is 0 Å². The molecular formula is C11H16ClN3O3S. The number of hydrogen-bond donors (Lipinski definition) is 2. The molecule has 1 aliphatic rings. The predicted molar refractivity (Wildman–Crippen MR) is 70.7 cm³/mol. The molecule has 6 nitrogen and oxygen atoms in total. The summed E-state index contributed by atoms with van der Waals surface area (Å²) in [5.74, 6) is -0.511. The van der Waals surface area contributed by atoms with Crippen LogP contribution in [0.5, 0.6) is 0 Å². The van der Waals surface area contributed by atoms with Gasteiger partial charge in [0.15, 0.2) is 5.69 Å². The molecule has 1 fully saturated rings. The number of aromatic nitrogens is 2. The minimum absolute atomic E-state index is 0.138. The maximum atomic E-state index is 12.0. The monoisotopic (exact) mass is 305 g/mol.